The molecule has 0 aliphatic carbocycles. The SMILES string of the molecule is C#CCCC1(CCN(C(=O)CCC(F)F)C(C(=O)NCCC)c2cc3c(cc2OC)OCO3)N=N1. The van der Waals surface area contributed by atoms with Gasteiger partial charge in [0.1, 0.15) is 11.8 Å². The van der Waals surface area contributed by atoms with Crippen LogP contribution in [0, 0.1) is 12.3 Å². The molecular formula is C24H30F2N4O5. The largest absolute Gasteiger partial charge is 0.496 e. The van der Waals surface area contributed by atoms with E-state index in [0.29, 0.717) is 55.0 Å². The molecule has 190 valence electrons. The third kappa shape index (κ3) is 6.59. The molecular weight excluding hydrogens is 462 g/mol. The van der Waals surface area contributed by atoms with E-state index in [2.05, 4.69) is 21.5 Å². The number of hydrogen-bond donors (Lipinski definition) is 1. The second kappa shape index (κ2) is 11.8. The minimum atomic E-state index is -2.65. The average Bonchev–Trinajstić information content (AvgIpc) is 3.47. The number of nitrogens with zero attached hydrogens (tertiary/aromatic N) is 3. The van der Waals surface area contributed by atoms with Crippen LogP contribution in [0.3, 0.4) is 0 Å². The molecule has 35 heavy (non-hydrogen) atoms. The molecule has 2 aliphatic rings. The monoisotopic (exact) mass is 492 g/mol. The second-order valence-corrected chi connectivity index (χ2v) is 8.29. The summed E-state index contributed by atoms with van der Waals surface area (Å²) in [5, 5.41) is 11.0. The number of halogens is 2. The van der Waals surface area contributed by atoms with Gasteiger partial charge in [-0.1, -0.05) is 6.92 Å². The Morgan fingerprint density at radius 2 is 2.00 bits per heavy atom. The normalized spacial score (nSPS) is 15.4. The molecule has 0 radical (unpaired) electrons. The van der Waals surface area contributed by atoms with Crippen LogP contribution in [0.25, 0.3) is 0 Å². The maximum Gasteiger partial charge on any atom is 0.247 e. The molecule has 3 rings (SSSR count). The maximum atomic E-state index is 13.4. The topological polar surface area (TPSA) is 102 Å². The van der Waals surface area contributed by atoms with Crippen LogP contribution >= 0.6 is 0 Å². The third-order valence-electron chi connectivity index (χ3n) is 5.83. The second-order valence-electron chi connectivity index (χ2n) is 8.29. The number of carbonyl (C=O) groups is 2. The van der Waals surface area contributed by atoms with E-state index in [0.717, 1.165) is 0 Å². The Kier molecular flexibility index (Phi) is 8.84. The summed E-state index contributed by atoms with van der Waals surface area (Å²) in [6, 6.07) is 2.02. The van der Waals surface area contributed by atoms with Crippen molar-refractivity contribution in [3.05, 3.63) is 17.7 Å². The zero-order chi connectivity index (χ0) is 25.4. The summed E-state index contributed by atoms with van der Waals surface area (Å²) < 4.78 is 42.3. The summed E-state index contributed by atoms with van der Waals surface area (Å²) >= 11 is 0. The first-order valence-corrected chi connectivity index (χ1v) is 11.5. The fraction of sp³-hybridized carbons (Fsp3) is 0.583. The highest BCUT2D eigenvalue weighted by atomic mass is 19.3. The van der Waals surface area contributed by atoms with Gasteiger partial charge in [0.25, 0.3) is 0 Å². The van der Waals surface area contributed by atoms with Crippen molar-refractivity contribution in [2.24, 2.45) is 10.2 Å². The summed E-state index contributed by atoms with van der Waals surface area (Å²) in [6.45, 7) is 2.33. The van der Waals surface area contributed by atoms with Crippen LogP contribution in [0.5, 0.6) is 17.2 Å². The van der Waals surface area contributed by atoms with Gasteiger partial charge in [0, 0.05) is 56.8 Å². The molecule has 0 spiro atoms. The number of benzene rings is 1. The van der Waals surface area contributed by atoms with Crippen LogP contribution in [-0.4, -0.2) is 55.8 Å². The van der Waals surface area contributed by atoms with Crippen molar-refractivity contribution in [1.82, 2.24) is 10.2 Å². The van der Waals surface area contributed by atoms with Crippen molar-refractivity contribution < 1.29 is 32.6 Å². The summed E-state index contributed by atoms with van der Waals surface area (Å²) in [5.74, 6) is 2.64. The van der Waals surface area contributed by atoms with Gasteiger partial charge in [0.15, 0.2) is 17.2 Å². The minimum absolute atomic E-state index is 0.00633. The number of hydrogen-bond acceptors (Lipinski definition) is 7. The van der Waals surface area contributed by atoms with Gasteiger partial charge in [-0.15, -0.1) is 12.3 Å². The molecule has 0 aromatic heterocycles. The molecule has 0 saturated carbocycles. The highest BCUT2D eigenvalue weighted by Crippen LogP contribution is 2.43. The van der Waals surface area contributed by atoms with Gasteiger partial charge in [0.2, 0.25) is 25.0 Å². The summed E-state index contributed by atoms with van der Waals surface area (Å²) in [5.41, 5.74) is -0.366. The fourth-order valence-electron chi connectivity index (χ4n) is 3.87. The number of methoxy groups -OCH3 is 1. The Morgan fingerprint density at radius 1 is 1.29 bits per heavy atom. The molecule has 0 saturated heterocycles. The summed E-state index contributed by atoms with van der Waals surface area (Å²) in [4.78, 5) is 28.0. The van der Waals surface area contributed by atoms with Gasteiger partial charge < -0.3 is 24.4 Å². The number of ether oxygens (including phenoxy) is 3. The molecule has 1 aromatic carbocycles. The van der Waals surface area contributed by atoms with Crippen LogP contribution in [0.15, 0.2) is 22.4 Å². The number of terminal acetylenes is 1. The Morgan fingerprint density at radius 3 is 2.60 bits per heavy atom. The van der Waals surface area contributed by atoms with Gasteiger partial charge in [-0.25, -0.2) is 8.78 Å². The molecule has 1 unspecified atom stereocenters. The number of fused-ring (bicyclic) bond motifs is 1. The molecule has 0 bridgehead atoms. The number of amides is 2. The van der Waals surface area contributed by atoms with E-state index in [-0.39, 0.29) is 13.3 Å². The fourth-order valence-corrected chi connectivity index (χ4v) is 3.87. The predicted octanol–water partition coefficient (Wildman–Crippen LogP) is 3.83. The molecule has 2 amide bonds. The Bertz CT molecular complexity index is 989. The lowest BCUT2D eigenvalue weighted by molar-refractivity contribution is -0.141. The lowest BCUT2D eigenvalue weighted by Gasteiger charge is -2.33. The van der Waals surface area contributed by atoms with E-state index in [1.807, 2.05) is 6.92 Å². The van der Waals surface area contributed by atoms with Gasteiger partial charge in [-0.05, 0) is 12.5 Å². The number of rotatable bonds is 14. The molecule has 0 fully saturated rings. The van der Waals surface area contributed by atoms with Gasteiger partial charge in [-0.2, -0.15) is 10.2 Å². The Hall–Kier alpha value is -3.42. The van der Waals surface area contributed by atoms with E-state index in [4.69, 9.17) is 20.6 Å². The maximum absolute atomic E-state index is 13.4. The van der Waals surface area contributed by atoms with E-state index in [1.165, 1.54) is 12.0 Å². The van der Waals surface area contributed by atoms with Crippen molar-refractivity contribution in [3.8, 4) is 29.6 Å². The highest BCUT2D eigenvalue weighted by molar-refractivity contribution is 5.89. The number of nitrogens with one attached hydrogen (secondary N) is 1. The molecule has 11 heteroatoms. The first-order chi connectivity index (χ1) is 16.8. The standard InChI is InChI=1S/C24H30F2N4O5/c1-4-6-9-24(28-29-24)10-12-30(21(31)8-7-20(25)26)22(23(32)27-11-5-2)16-13-18-19(35-15-34-18)14-17(16)33-3/h1,13-14,20,22H,5-12,15H2,2-3H3,(H,27,32). The molecule has 1 atom stereocenters. The molecule has 1 aromatic rings. The van der Waals surface area contributed by atoms with Gasteiger partial charge >= 0.3 is 0 Å². The zero-order valence-electron chi connectivity index (χ0n) is 19.9. The molecule has 9 nitrogen and oxygen atoms in total. The molecule has 2 heterocycles. The lowest BCUT2D eigenvalue weighted by Crippen LogP contribution is -2.45. The number of alkyl halides is 2. The van der Waals surface area contributed by atoms with Crippen molar-refractivity contribution >= 4 is 11.8 Å². The Labute approximate surface area is 203 Å². The van der Waals surface area contributed by atoms with Crippen molar-refractivity contribution in [3.63, 3.8) is 0 Å². The average molecular weight is 493 g/mol. The third-order valence-corrected chi connectivity index (χ3v) is 5.83. The van der Waals surface area contributed by atoms with Crippen LogP contribution in [-0.2, 0) is 9.59 Å². The van der Waals surface area contributed by atoms with Crippen LogP contribution in [0.1, 0.15) is 57.1 Å². The minimum Gasteiger partial charge on any atom is -0.496 e. The highest BCUT2D eigenvalue weighted by Gasteiger charge is 2.42. The van der Waals surface area contributed by atoms with Crippen molar-refractivity contribution in [2.45, 2.75) is 63.6 Å². The van der Waals surface area contributed by atoms with E-state index in [1.54, 1.807) is 12.1 Å². The van der Waals surface area contributed by atoms with Crippen LogP contribution in [0.2, 0.25) is 0 Å². The lowest BCUT2D eigenvalue weighted by atomic mass is 9.98. The molecule has 1 N–H and O–H groups in total. The van der Waals surface area contributed by atoms with Crippen molar-refractivity contribution in [1.29, 1.82) is 0 Å². The first-order valence-electron chi connectivity index (χ1n) is 11.5. The van der Waals surface area contributed by atoms with Crippen molar-refractivity contribution in [2.75, 3.05) is 27.0 Å². The summed E-state index contributed by atoms with van der Waals surface area (Å²) in [6.07, 6.45) is 3.60. The van der Waals surface area contributed by atoms with Crippen LogP contribution < -0.4 is 19.5 Å². The van der Waals surface area contributed by atoms with E-state index >= 15 is 0 Å². The zero-order valence-corrected chi connectivity index (χ0v) is 19.9. The van der Waals surface area contributed by atoms with Gasteiger partial charge in [0.05, 0.1) is 7.11 Å². The predicted molar refractivity (Wildman–Crippen MR) is 122 cm³/mol. The summed E-state index contributed by atoms with van der Waals surface area (Å²) in [7, 11) is 1.43. The van der Waals surface area contributed by atoms with Gasteiger partial charge in [-0.3, -0.25) is 9.59 Å². The molecule has 2 aliphatic heterocycles. The smallest absolute Gasteiger partial charge is 0.247 e. The van der Waals surface area contributed by atoms with Crippen LogP contribution in [0.4, 0.5) is 8.78 Å². The quantitative estimate of drug-likeness (QED) is 0.398. The van der Waals surface area contributed by atoms with E-state index in [9.17, 15) is 18.4 Å². The number of carbonyl (C=O) groups excluding carboxylic acids is 2. The Balaban J connectivity index is 1.98. The van der Waals surface area contributed by atoms with E-state index < -0.39 is 42.8 Å². The first kappa shape index (κ1) is 26.2.